The van der Waals surface area contributed by atoms with Crippen LogP contribution in [0.3, 0.4) is 0 Å². The number of nitrogens with zero attached hydrogens (tertiary/aromatic N) is 3. The molecule has 1 aromatic heterocycles. The number of hydrogen-bond acceptors (Lipinski definition) is 6. The quantitative estimate of drug-likeness (QED) is 0.793. The first-order valence-electron chi connectivity index (χ1n) is 5.29. The summed E-state index contributed by atoms with van der Waals surface area (Å²) < 4.78 is 9.70. The number of hydrogen-bond donors (Lipinski definition) is 1. The topological polar surface area (TPSA) is 101 Å². The predicted molar refractivity (Wildman–Crippen MR) is 54.2 cm³/mol. The van der Waals surface area contributed by atoms with E-state index >= 15 is 0 Å². The fraction of sp³-hybridized carbons (Fsp3) is 0.600. The van der Waals surface area contributed by atoms with Crippen molar-refractivity contribution in [2.45, 2.75) is 19.4 Å². The zero-order valence-electron chi connectivity index (χ0n) is 9.18. The number of carbonyl (C=O) groups is 1. The second kappa shape index (κ2) is 4.93. The Bertz CT molecular complexity index is 417. The fourth-order valence-corrected chi connectivity index (χ4v) is 1.71. The van der Waals surface area contributed by atoms with Crippen LogP contribution in [-0.4, -0.2) is 29.3 Å². The molecule has 90 valence electrons. The van der Waals surface area contributed by atoms with Crippen LogP contribution in [0.5, 0.6) is 0 Å². The molecular formula is C10H12N4O3. The van der Waals surface area contributed by atoms with Gasteiger partial charge in [0.2, 0.25) is 12.3 Å². The summed E-state index contributed by atoms with van der Waals surface area (Å²) in [5.74, 6) is 0.0894. The molecule has 7 heteroatoms. The average molecular weight is 236 g/mol. The fourth-order valence-electron chi connectivity index (χ4n) is 1.71. The van der Waals surface area contributed by atoms with Crippen LogP contribution >= 0.6 is 0 Å². The molecule has 0 unspecified atom stereocenters. The van der Waals surface area contributed by atoms with E-state index in [1.165, 1.54) is 6.39 Å². The van der Waals surface area contributed by atoms with Crippen molar-refractivity contribution in [3.8, 4) is 6.07 Å². The van der Waals surface area contributed by atoms with Gasteiger partial charge in [0.05, 0.1) is 12.6 Å². The molecule has 1 aromatic rings. The summed E-state index contributed by atoms with van der Waals surface area (Å²) in [6, 6.07) is 2.09. The summed E-state index contributed by atoms with van der Waals surface area (Å²) >= 11 is 0. The van der Waals surface area contributed by atoms with Crippen LogP contribution in [0.15, 0.2) is 10.9 Å². The average Bonchev–Trinajstić information content (AvgIpc) is 2.90. The zero-order valence-corrected chi connectivity index (χ0v) is 9.18. The van der Waals surface area contributed by atoms with E-state index in [2.05, 4.69) is 26.0 Å². The Hall–Kier alpha value is -1.94. The minimum absolute atomic E-state index is 0.166. The molecule has 0 bridgehead atoms. The molecule has 2 heterocycles. The Morgan fingerprint density at radius 3 is 2.94 bits per heavy atom. The number of ether oxygens (including phenoxy) is 1. The molecule has 0 aromatic carbocycles. The van der Waals surface area contributed by atoms with Crippen LogP contribution in [0.4, 0.5) is 0 Å². The maximum Gasteiger partial charge on any atom is 0.241 e. The van der Waals surface area contributed by atoms with Crippen LogP contribution in [0.25, 0.3) is 0 Å². The third kappa shape index (κ3) is 2.42. The van der Waals surface area contributed by atoms with Crippen molar-refractivity contribution in [3.05, 3.63) is 12.2 Å². The minimum Gasteiger partial charge on any atom is -0.381 e. The van der Waals surface area contributed by atoms with Gasteiger partial charge in [0, 0.05) is 13.2 Å². The number of aromatic nitrogens is 2. The Morgan fingerprint density at radius 2 is 2.35 bits per heavy atom. The van der Waals surface area contributed by atoms with E-state index in [1.54, 1.807) is 0 Å². The van der Waals surface area contributed by atoms with Gasteiger partial charge in [-0.3, -0.25) is 4.79 Å². The molecule has 0 saturated carbocycles. The highest BCUT2D eigenvalue weighted by molar-refractivity contribution is 5.85. The van der Waals surface area contributed by atoms with Crippen LogP contribution in [-0.2, 0) is 16.1 Å². The summed E-state index contributed by atoms with van der Waals surface area (Å²) in [4.78, 5) is 15.8. The lowest BCUT2D eigenvalue weighted by molar-refractivity contribution is -0.132. The predicted octanol–water partition coefficient (Wildman–Crippen LogP) is 0.00618. The lowest BCUT2D eigenvalue weighted by Crippen LogP contribution is -2.43. The summed E-state index contributed by atoms with van der Waals surface area (Å²) in [7, 11) is 0. The molecular weight excluding hydrogens is 224 g/mol. The Kier molecular flexibility index (Phi) is 3.35. The number of carbonyl (C=O) groups excluding carboxylic acids is 1. The van der Waals surface area contributed by atoms with Crippen LogP contribution in [0, 0.1) is 16.7 Å². The van der Waals surface area contributed by atoms with Gasteiger partial charge in [-0.05, 0) is 12.8 Å². The van der Waals surface area contributed by atoms with Gasteiger partial charge in [-0.15, -0.1) is 0 Å². The van der Waals surface area contributed by atoms with Gasteiger partial charge < -0.3 is 14.6 Å². The second-order valence-electron chi connectivity index (χ2n) is 3.84. The van der Waals surface area contributed by atoms with E-state index in [-0.39, 0.29) is 12.5 Å². The van der Waals surface area contributed by atoms with Crippen molar-refractivity contribution in [2.75, 3.05) is 13.2 Å². The van der Waals surface area contributed by atoms with Gasteiger partial charge >= 0.3 is 0 Å². The van der Waals surface area contributed by atoms with Gasteiger partial charge in [-0.25, -0.2) is 0 Å². The van der Waals surface area contributed by atoms with Crippen LogP contribution in [0.1, 0.15) is 18.7 Å². The SMILES string of the molecule is N#CC1(C(=O)NCc2ncon2)CCOCC1. The second-order valence-corrected chi connectivity index (χ2v) is 3.84. The zero-order chi connectivity index (χ0) is 12.1. The summed E-state index contributed by atoms with van der Waals surface area (Å²) in [5.41, 5.74) is -0.984. The van der Waals surface area contributed by atoms with Gasteiger partial charge in [0.25, 0.3) is 0 Å². The first kappa shape index (κ1) is 11.5. The molecule has 0 radical (unpaired) electrons. The maximum absolute atomic E-state index is 12.0. The van der Waals surface area contributed by atoms with E-state index in [0.717, 1.165) is 0 Å². The highest BCUT2D eigenvalue weighted by atomic mass is 16.5. The Labute approximate surface area is 97.7 Å². The molecule has 1 amide bonds. The maximum atomic E-state index is 12.0. The number of nitrogens with one attached hydrogen (secondary N) is 1. The molecule has 1 aliphatic rings. The first-order chi connectivity index (χ1) is 8.27. The van der Waals surface area contributed by atoms with E-state index in [4.69, 9.17) is 10.00 Å². The first-order valence-corrected chi connectivity index (χ1v) is 5.29. The van der Waals surface area contributed by atoms with Gasteiger partial charge in [-0.1, -0.05) is 5.16 Å². The van der Waals surface area contributed by atoms with E-state index < -0.39 is 5.41 Å². The summed E-state index contributed by atoms with van der Waals surface area (Å²) in [5, 5.41) is 15.4. The van der Waals surface area contributed by atoms with Gasteiger partial charge in [0.15, 0.2) is 5.82 Å². The molecule has 0 spiro atoms. The number of rotatable bonds is 3. The van der Waals surface area contributed by atoms with Gasteiger partial charge in [0.1, 0.15) is 5.41 Å². The number of amides is 1. The molecule has 2 rings (SSSR count). The van der Waals surface area contributed by atoms with Crippen LogP contribution < -0.4 is 5.32 Å². The molecule has 1 saturated heterocycles. The minimum atomic E-state index is -0.984. The standard InChI is InChI=1S/C10H12N4O3/c11-6-10(1-3-16-4-2-10)9(15)12-5-8-13-7-17-14-8/h7H,1-5H2,(H,12,15). The molecule has 17 heavy (non-hydrogen) atoms. The highest BCUT2D eigenvalue weighted by Crippen LogP contribution is 2.29. The van der Waals surface area contributed by atoms with Crippen molar-refractivity contribution < 1.29 is 14.1 Å². The van der Waals surface area contributed by atoms with Crippen molar-refractivity contribution in [3.63, 3.8) is 0 Å². The normalized spacial score (nSPS) is 18.3. The molecule has 7 nitrogen and oxygen atoms in total. The van der Waals surface area contributed by atoms with Crippen molar-refractivity contribution in [1.82, 2.24) is 15.5 Å². The van der Waals surface area contributed by atoms with E-state index in [0.29, 0.717) is 31.9 Å². The summed E-state index contributed by atoms with van der Waals surface area (Å²) in [6.45, 7) is 1.03. The van der Waals surface area contributed by atoms with Gasteiger partial charge in [-0.2, -0.15) is 10.2 Å². The smallest absolute Gasteiger partial charge is 0.241 e. The monoisotopic (exact) mass is 236 g/mol. The molecule has 0 atom stereocenters. The van der Waals surface area contributed by atoms with Crippen LogP contribution in [0.2, 0.25) is 0 Å². The lowest BCUT2D eigenvalue weighted by Gasteiger charge is -2.28. The third-order valence-electron chi connectivity index (χ3n) is 2.81. The van der Waals surface area contributed by atoms with Crippen molar-refractivity contribution in [1.29, 1.82) is 5.26 Å². The summed E-state index contributed by atoms with van der Waals surface area (Å²) in [6.07, 6.45) is 2.03. The molecule has 1 aliphatic heterocycles. The van der Waals surface area contributed by atoms with Crippen molar-refractivity contribution >= 4 is 5.91 Å². The highest BCUT2D eigenvalue weighted by Gasteiger charge is 2.40. The van der Waals surface area contributed by atoms with E-state index in [9.17, 15) is 4.79 Å². The van der Waals surface area contributed by atoms with E-state index in [1.807, 2.05) is 0 Å². The third-order valence-corrected chi connectivity index (χ3v) is 2.81. The Balaban J connectivity index is 1.96. The molecule has 0 aliphatic carbocycles. The molecule has 1 N–H and O–H groups in total. The van der Waals surface area contributed by atoms with Crippen molar-refractivity contribution in [2.24, 2.45) is 5.41 Å². The molecule has 1 fully saturated rings. The number of nitriles is 1. The Morgan fingerprint density at radius 1 is 1.59 bits per heavy atom. The lowest BCUT2D eigenvalue weighted by atomic mass is 9.81. The largest absolute Gasteiger partial charge is 0.381 e.